The molecule has 5 rings (SSSR count). The van der Waals surface area contributed by atoms with E-state index in [1.54, 1.807) is 9.58 Å². The van der Waals surface area contributed by atoms with E-state index in [1.807, 2.05) is 78.6 Å². The molecule has 9 nitrogen and oxygen atoms in total. The Morgan fingerprint density at radius 3 is 2.43 bits per heavy atom. The molecule has 46 heavy (non-hydrogen) atoms. The molecule has 3 aromatic carbocycles. The van der Waals surface area contributed by atoms with Gasteiger partial charge in [0.15, 0.2) is 5.69 Å². The number of benzene rings is 3. The first-order valence-electron chi connectivity index (χ1n) is 16.2. The number of amides is 2. The van der Waals surface area contributed by atoms with Gasteiger partial charge in [-0.1, -0.05) is 63.1 Å². The first-order valence-corrected chi connectivity index (χ1v) is 17.2. The molecule has 2 radical (unpaired) electrons. The third-order valence-electron chi connectivity index (χ3n) is 8.48. The van der Waals surface area contributed by atoms with Gasteiger partial charge in [0.05, 0.1) is 23.9 Å². The molecule has 0 fully saturated rings. The molecule has 1 aliphatic heterocycles. The van der Waals surface area contributed by atoms with Gasteiger partial charge in [0, 0.05) is 36.7 Å². The van der Waals surface area contributed by atoms with Crippen LogP contribution in [0.2, 0.25) is 0 Å². The molecule has 4 N–H and O–H groups in total. The van der Waals surface area contributed by atoms with E-state index in [0.29, 0.717) is 48.7 Å². The van der Waals surface area contributed by atoms with Crippen LogP contribution in [-0.2, 0) is 13.0 Å². The number of nitrogens with one attached hydrogen (secondary N) is 1. The number of carbonyl (C=O) groups is 2. The summed E-state index contributed by atoms with van der Waals surface area (Å²) in [6.45, 7) is 7.79. The lowest BCUT2D eigenvalue weighted by molar-refractivity contribution is 0.0544. The second kappa shape index (κ2) is 15.2. The Morgan fingerprint density at radius 1 is 1.00 bits per heavy atom. The predicted octanol–water partition coefficient (Wildman–Crippen LogP) is 4.72. The Hall–Kier alpha value is -4.41. The van der Waals surface area contributed by atoms with Crippen molar-refractivity contribution >= 4 is 38.1 Å². The average Bonchev–Trinajstić information content (AvgIpc) is 3.47. The summed E-state index contributed by atoms with van der Waals surface area (Å²) in [6.07, 6.45) is 4.45. The fraction of sp³-hybridized carbons (Fsp3) is 0.361. The molecule has 2 amide bonds. The van der Waals surface area contributed by atoms with E-state index in [0.717, 1.165) is 53.4 Å². The van der Waals surface area contributed by atoms with Crippen LogP contribution in [0.1, 0.15) is 77.2 Å². The van der Waals surface area contributed by atoms with Gasteiger partial charge >= 0.3 is 0 Å². The Labute approximate surface area is 274 Å². The van der Waals surface area contributed by atoms with Crippen LogP contribution in [0.15, 0.2) is 72.8 Å². The van der Waals surface area contributed by atoms with Crippen molar-refractivity contribution in [3.05, 3.63) is 101 Å². The van der Waals surface area contributed by atoms with E-state index >= 15 is 0 Å². The number of fused-ring (bicyclic) bond motifs is 1. The van der Waals surface area contributed by atoms with Gasteiger partial charge < -0.3 is 25.6 Å². The lowest BCUT2D eigenvalue weighted by atomic mass is 9.93. The van der Waals surface area contributed by atoms with Gasteiger partial charge in [-0.3, -0.25) is 9.59 Å². The van der Waals surface area contributed by atoms with E-state index in [9.17, 15) is 14.7 Å². The van der Waals surface area contributed by atoms with Gasteiger partial charge in [-0.2, -0.15) is 5.10 Å². The number of unbranched alkanes of at least 4 members (excludes halogenated alkanes) is 2. The van der Waals surface area contributed by atoms with E-state index < -0.39 is 0 Å². The number of nitrogens with zero attached hydrogens (tertiary/aromatic N) is 4. The van der Waals surface area contributed by atoms with Gasteiger partial charge in [-0.15, -0.1) is 0 Å². The summed E-state index contributed by atoms with van der Waals surface area (Å²) in [6, 6.07) is 22.9. The number of aromatic nitrogens is 2. The molecule has 0 bridgehead atoms. The zero-order chi connectivity index (χ0) is 32.6. The van der Waals surface area contributed by atoms with Crippen LogP contribution < -0.4 is 15.9 Å². The van der Waals surface area contributed by atoms with Crippen molar-refractivity contribution in [1.82, 2.24) is 19.6 Å². The number of nitrogens with two attached hydrogens (primary N) is 1. The first-order chi connectivity index (χ1) is 22.3. The lowest BCUT2D eigenvalue weighted by Gasteiger charge is -2.36. The molecule has 1 aromatic heterocycles. The first kappa shape index (κ1) is 33.0. The van der Waals surface area contributed by atoms with E-state index in [2.05, 4.69) is 24.9 Å². The van der Waals surface area contributed by atoms with Crippen LogP contribution in [0.25, 0.3) is 5.69 Å². The highest BCUT2D eigenvalue weighted by Gasteiger charge is 2.32. The molecule has 0 spiro atoms. The van der Waals surface area contributed by atoms with Crippen LogP contribution in [0.5, 0.6) is 0 Å². The molecule has 0 saturated heterocycles. The molecule has 0 unspecified atom stereocenters. The number of aliphatic hydroxyl groups is 1. The highest BCUT2D eigenvalue weighted by atomic mass is 28.2. The molecule has 4 aromatic rings. The maximum absolute atomic E-state index is 14.5. The molecular formula is C36H44N6O3Si. The minimum absolute atomic E-state index is 0.0915. The topological polar surface area (TPSA) is 117 Å². The number of aliphatic hydroxyl groups excluding tert-OH is 1. The number of nitrogen functional groups attached to an aromatic ring is 1. The third kappa shape index (κ3) is 7.51. The quantitative estimate of drug-likeness (QED) is 0.145. The van der Waals surface area contributed by atoms with Crippen molar-refractivity contribution in [2.24, 2.45) is 0 Å². The van der Waals surface area contributed by atoms with E-state index in [-0.39, 0.29) is 34.1 Å². The molecule has 0 aliphatic carbocycles. The summed E-state index contributed by atoms with van der Waals surface area (Å²) in [5, 5.41) is 16.2. The van der Waals surface area contributed by atoms with Crippen LogP contribution in [0, 0.1) is 6.92 Å². The second-order valence-corrected chi connectivity index (χ2v) is 13.0. The van der Waals surface area contributed by atoms with E-state index in [4.69, 9.17) is 10.8 Å². The lowest BCUT2D eigenvalue weighted by Crippen LogP contribution is -2.46. The summed E-state index contributed by atoms with van der Waals surface area (Å²) >= 11 is 0. The number of hydrogen-bond acceptors (Lipinski definition) is 6. The number of carbonyl (C=O) groups excluding carboxylic acids is 2. The summed E-state index contributed by atoms with van der Waals surface area (Å²) in [7, 11) is 0.236. The Kier molecular flexibility index (Phi) is 10.9. The highest BCUT2D eigenvalue weighted by molar-refractivity contribution is 6.57. The minimum Gasteiger partial charge on any atom is -0.408 e. The monoisotopic (exact) mass is 636 g/mol. The smallest absolute Gasteiger partial charge is 0.274 e. The van der Waals surface area contributed by atoms with Crippen molar-refractivity contribution < 1.29 is 14.7 Å². The van der Waals surface area contributed by atoms with Crippen molar-refractivity contribution in [3.8, 4) is 5.69 Å². The maximum Gasteiger partial charge on any atom is 0.274 e. The SMILES string of the molecule is CCCCN(CCCC)C(=O)c1cc(C)n(-c2ccc(N[Si]c3cccc(N)c3)cc2C(=O)N2Cc3ccccc3C[C@H]2CO)n1. The Morgan fingerprint density at radius 2 is 1.74 bits per heavy atom. The van der Waals surface area contributed by atoms with Crippen LogP contribution >= 0.6 is 0 Å². The number of hydrogen-bond donors (Lipinski definition) is 3. The zero-order valence-electron chi connectivity index (χ0n) is 27.0. The summed E-state index contributed by atoms with van der Waals surface area (Å²) in [5.74, 6) is -0.291. The van der Waals surface area contributed by atoms with Gasteiger partial charge in [-0.25, -0.2) is 4.68 Å². The molecule has 1 atom stereocenters. The fourth-order valence-corrected chi connectivity index (χ4v) is 6.73. The molecule has 0 saturated carbocycles. The van der Waals surface area contributed by atoms with Crippen molar-refractivity contribution in [1.29, 1.82) is 0 Å². The Balaban J connectivity index is 1.51. The van der Waals surface area contributed by atoms with Crippen LogP contribution in [0.3, 0.4) is 0 Å². The minimum atomic E-state index is -0.359. The van der Waals surface area contributed by atoms with Gasteiger partial charge in [0.2, 0.25) is 9.68 Å². The fourth-order valence-electron chi connectivity index (χ4n) is 5.87. The molecular weight excluding hydrogens is 593 g/mol. The number of aryl methyl sites for hydroxylation is 1. The van der Waals surface area contributed by atoms with Gasteiger partial charge in [-0.05, 0) is 78.9 Å². The second-order valence-electron chi connectivity index (χ2n) is 11.9. The largest absolute Gasteiger partial charge is 0.408 e. The standard InChI is InChI=1S/C36H44N6O3Si/c1-4-6-17-40(18-7-5-2)36(45)33-19-25(3)42(38-33)34-16-15-29(39-46-31-14-10-13-28(37)21-31)22-32(34)35(44)41-23-27-12-9-8-11-26(27)20-30(41)24-43/h8-16,19,21-22,30,39,43H,4-7,17-18,20,23-24,37H2,1-3H3/t30-/m0/s1. The van der Waals surface area contributed by atoms with Crippen molar-refractivity contribution in [2.45, 2.75) is 65.5 Å². The third-order valence-corrected chi connectivity index (χ3v) is 9.49. The zero-order valence-corrected chi connectivity index (χ0v) is 28.0. The summed E-state index contributed by atoms with van der Waals surface area (Å²) < 4.78 is 1.70. The average molecular weight is 637 g/mol. The van der Waals surface area contributed by atoms with Gasteiger partial charge in [0.25, 0.3) is 11.8 Å². The maximum atomic E-state index is 14.5. The van der Waals surface area contributed by atoms with Crippen molar-refractivity contribution in [2.75, 3.05) is 30.4 Å². The highest BCUT2D eigenvalue weighted by Crippen LogP contribution is 2.29. The summed E-state index contributed by atoms with van der Waals surface area (Å²) in [5.41, 5.74) is 11.8. The summed E-state index contributed by atoms with van der Waals surface area (Å²) in [4.78, 5) is 35.3. The molecule has 240 valence electrons. The van der Waals surface area contributed by atoms with Gasteiger partial charge in [0.1, 0.15) is 0 Å². The number of rotatable bonds is 13. The predicted molar refractivity (Wildman–Crippen MR) is 185 cm³/mol. The van der Waals surface area contributed by atoms with E-state index in [1.165, 1.54) is 0 Å². The Bertz CT molecular complexity index is 1660. The molecule has 10 heteroatoms. The van der Waals surface area contributed by atoms with Crippen LogP contribution in [0.4, 0.5) is 11.4 Å². The molecule has 1 aliphatic rings. The normalized spacial score (nSPS) is 14.2. The molecule has 2 heterocycles. The number of anilines is 2. The van der Waals surface area contributed by atoms with Crippen molar-refractivity contribution in [3.63, 3.8) is 0 Å². The van der Waals surface area contributed by atoms with Crippen LogP contribution in [-0.4, -0.2) is 71.9 Å².